The largest absolute Gasteiger partial charge is 0.491 e. The van der Waals surface area contributed by atoms with Gasteiger partial charge in [0.1, 0.15) is 35.1 Å². The lowest BCUT2D eigenvalue weighted by atomic mass is 10.2. The molecule has 2 aliphatic heterocycles. The van der Waals surface area contributed by atoms with Crippen LogP contribution in [-0.2, 0) is 9.53 Å². The van der Waals surface area contributed by atoms with Crippen molar-refractivity contribution in [3.63, 3.8) is 0 Å². The number of unbranched alkanes of at least 4 members (excludes halogenated alkanes) is 1. The van der Waals surface area contributed by atoms with Crippen molar-refractivity contribution >= 4 is 39.7 Å². The second-order valence-corrected chi connectivity index (χ2v) is 9.64. The van der Waals surface area contributed by atoms with E-state index in [4.69, 9.17) is 14.2 Å². The number of hydrogen-bond acceptors (Lipinski definition) is 8. The molecule has 2 aliphatic rings. The van der Waals surface area contributed by atoms with Crippen molar-refractivity contribution in [1.29, 1.82) is 0 Å². The third-order valence-corrected chi connectivity index (χ3v) is 6.96. The Bertz CT molecular complexity index is 1500. The van der Waals surface area contributed by atoms with Crippen molar-refractivity contribution in [2.45, 2.75) is 12.8 Å². The van der Waals surface area contributed by atoms with Crippen LogP contribution in [0.1, 0.15) is 12.8 Å². The van der Waals surface area contributed by atoms with E-state index in [-0.39, 0.29) is 5.91 Å². The van der Waals surface area contributed by atoms with Gasteiger partial charge >= 0.3 is 0 Å². The first-order chi connectivity index (χ1) is 19.7. The number of para-hydroxylation sites is 1. The van der Waals surface area contributed by atoms with Gasteiger partial charge in [-0.25, -0.2) is 9.97 Å². The summed E-state index contributed by atoms with van der Waals surface area (Å²) in [6.07, 6.45) is 4.77. The second-order valence-electron chi connectivity index (χ2n) is 9.64. The maximum Gasteiger partial charge on any atom is 0.255 e. The first kappa shape index (κ1) is 25.8. The van der Waals surface area contributed by atoms with Crippen LogP contribution >= 0.6 is 0 Å². The summed E-state index contributed by atoms with van der Waals surface area (Å²) in [4.78, 5) is 25.7. The van der Waals surface area contributed by atoms with E-state index >= 15 is 0 Å². The Morgan fingerprint density at radius 2 is 1.77 bits per heavy atom. The quantitative estimate of drug-likeness (QED) is 0.145. The number of morpholine rings is 1. The lowest BCUT2D eigenvalue weighted by Crippen LogP contribution is -2.36. The van der Waals surface area contributed by atoms with Crippen LogP contribution < -0.4 is 19.7 Å². The van der Waals surface area contributed by atoms with E-state index in [0.29, 0.717) is 23.7 Å². The third kappa shape index (κ3) is 5.61. The zero-order valence-corrected chi connectivity index (χ0v) is 22.2. The van der Waals surface area contributed by atoms with E-state index in [0.717, 1.165) is 79.6 Å². The van der Waals surface area contributed by atoms with Crippen LogP contribution in [0.4, 0.5) is 22.9 Å². The predicted molar refractivity (Wildman–Crippen MR) is 155 cm³/mol. The van der Waals surface area contributed by atoms with Crippen molar-refractivity contribution in [2.24, 2.45) is 0 Å². The van der Waals surface area contributed by atoms with Gasteiger partial charge in [-0.05, 0) is 61.9 Å². The molecule has 0 unspecified atom stereocenters. The van der Waals surface area contributed by atoms with Gasteiger partial charge in [0.2, 0.25) is 0 Å². The molecule has 0 atom stereocenters. The summed E-state index contributed by atoms with van der Waals surface area (Å²) in [5.41, 5.74) is 3.02. The van der Waals surface area contributed by atoms with Gasteiger partial charge in [-0.15, -0.1) is 0 Å². The molecule has 0 spiro atoms. The minimum atomic E-state index is -0.211. The number of carbonyl (C=O) groups is 1. The molecule has 0 aliphatic carbocycles. The first-order valence-corrected chi connectivity index (χ1v) is 13.5. The number of rotatable bonds is 11. The summed E-state index contributed by atoms with van der Waals surface area (Å²) in [7, 11) is 0. The van der Waals surface area contributed by atoms with Gasteiger partial charge in [-0.1, -0.05) is 24.8 Å². The Balaban J connectivity index is 1.17. The van der Waals surface area contributed by atoms with E-state index in [1.165, 1.54) is 12.4 Å². The van der Waals surface area contributed by atoms with Gasteiger partial charge in [-0.3, -0.25) is 14.6 Å². The molecule has 1 N–H and O–H groups in total. The summed E-state index contributed by atoms with van der Waals surface area (Å²) >= 11 is 0. The van der Waals surface area contributed by atoms with Gasteiger partial charge in [-0.2, -0.15) is 0 Å². The number of aromatic nitrogens is 2. The smallest absolute Gasteiger partial charge is 0.255 e. The maximum absolute atomic E-state index is 12.7. The fraction of sp³-hybridized carbons (Fsp3) is 0.258. The molecule has 1 saturated heterocycles. The highest BCUT2D eigenvalue weighted by molar-refractivity contribution is 6.30. The summed E-state index contributed by atoms with van der Waals surface area (Å²) < 4.78 is 17.5. The lowest BCUT2D eigenvalue weighted by Gasteiger charge is -2.26. The Hall–Kier alpha value is -4.47. The highest BCUT2D eigenvalue weighted by Crippen LogP contribution is 2.59. The zero-order chi connectivity index (χ0) is 27.3. The molecule has 204 valence electrons. The van der Waals surface area contributed by atoms with Gasteiger partial charge in [0.15, 0.2) is 0 Å². The molecule has 9 nitrogen and oxygen atoms in total. The molecular formula is C31H31N5O4. The molecule has 4 aromatic rings. The van der Waals surface area contributed by atoms with E-state index in [1.54, 1.807) is 4.90 Å². The average molecular weight is 538 g/mol. The molecule has 1 aromatic heterocycles. The maximum atomic E-state index is 12.7. The molecule has 40 heavy (non-hydrogen) atoms. The fourth-order valence-electron chi connectivity index (χ4n) is 4.88. The standard InChI is InChI=1S/C31H31N5O4/c1-2-27(37)36-29-26(39-17-7-6-14-35-15-18-38-19-16-35)20-25-28(30(29)36)31(33-21-32-25)34-22-10-12-24(13-11-22)40-23-8-4-3-5-9-23/h2-5,8-13,20-21H,1,6-7,14-19H2,(H,32,33,34). The Morgan fingerprint density at radius 3 is 2.55 bits per heavy atom. The van der Waals surface area contributed by atoms with Crippen molar-refractivity contribution < 1.29 is 19.0 Å². The molecule has 0 radical (unpaired) electrons. The highest BCUT2D eigenvalue weighted by atomic mass is 16.5. The number of hydrogen-bond donors (Lipinski definition) is 1. The summed E-state index contributed by atoms with van der Waals surface area (Å²) in [5, 5.41) is 4.14. The lowest BCUT2D eigenvalue weighted by molar-refractivity contribution is -0.113. The van der Waals surface area contributed by atoms with Crippen LogP contribution in [0.2, 0.25) is 0 Å². The topological polar surface area (TPSA) is 88.8 Å². The van der Waals surface area contributed by atoms with Crippen molar-refractivity contribution in [3.8, 4) is 17.2 Å². The third-order valence-electron chi connectivity index (χ3n) is 6.96. The molecule has 1 fully saturated rings. The van der Waals surface area contributed by atoms with Crippen LogP contribution in [0.5, 0.6) is 17.2 Å². The van der Waals surface area contributed by atoms with Crippen molar-refractivity contribution in [1.82, 2.24) is 14.9 Å². The van der Waals surface area contributed by atoms with E-state index in [1.807, 2.05) is 60.7 Å². The number of fused-ring (bicyclic) bond motifs is 3. The minimum Gasteiger partial charge on any atom is -0.491 e. The highest BCUT2D eigenvalue weighted by Gasteiger charge is 2.41. The second kappa shape index (κ2) is 11.7. The monoisotopic (exact) mass is 537 g/mol. The van der Waals surface area contributed by atoms with Gasteiger partial charge in [0, 0.05) is 24.8 Å². The summed E-state index contributed by atoms with van der Waals surface area (Å²) in [6, 6.07) is 19.1. The molecule has 9 heteroatoms. The number of nitrogens with one attached hydrogen (secondary N) is 1. The molecule has 1 amide bonds. The van der Waals surface area contributed by atoms with Crippen LogP contribution in [0, 0.1) is 0 Å². The Morgan fingerprint density at radius 1 is 1.00 bits per heavy atom. The van der Waals surface area contributed by atoms with Crippen LogP contribution in [0.15, 0.2) is 79.6 Å². The van der Waals surface area contributed by atoms with Gasteiger partial charge < -0.3 is 19.5 Å². The number of nitrogens with zero attached hydrogens (tertiary/aromatic N) is 4. The number of benzene rings is 3. The van der Waals surface area contributed by atoms with E-state index in [9.17, 15) is 4.79 Å². The average Bonchev–Trinajstić information content (AvgIpc) is 3.75. The fourth-order valence-corrected chi connectivity index (χ4v) is 4.88. The summed E-state index contributed by atoms with van der Waals surface area (Å²) in [6.45, 7) is 8.85. The van der Waals surface area contributed by atoms with E-state index in [2.05, 4.69) is 26.8 Å². The number of carbonyl (C=O) groups excluding carboxylic acids is 1. The number of anilines is 4. The SMILES string of the molecule is C=CC(=O)N1c2c(OCCCCN3CCOCC3)cc3ncnc(Nc4ccc(Oc5ccccc5)cc4)c3c21. The molecular weight excluding hydrogens is 506 g/mol. The summed E-state index contributed by atoms with van der Waals surface area (Å²) in [5.74, 6) is 2.55. The Kier molecular flexibility index (Phi) is 7.56. The van der Waals surface area contributed by atoms with Crippen LogP contribution in [0.3, 0.4) is 0 Å². The molecule has 3 heterocycles. The van der Waals surface area contributed by atoms with Crippen LogP contribution in [0.25, 0.3) is 10.9 Å². The molecule has 0 saturated carbocycles. The van der Waals surface area contributed by atoms with Gasteiger partial charge in [0.05, 0.1) is 36.4 Å². The van der Waals surface area contributed by atoms with Crippen molar-refractivity contribution in [3.05, 3.63) is 79.6 Å². The van der Waals surface area contributed by atoms with Gasteiger partial charge in [0.25, 0.3) is 5.91 Å². The van der Waals surface area contributed by atoms with E-state index < -0.39 is 0 Å². The normalized spacial score (nSPS) is 14.4. The first-order valence-electron chi connectivity index (χ1n) is 13.5. The predicted octanol–water partition coefficient (Wildman–Crippen LogP) is 5.82. The molecule has 0 bridgehead atoms. The minimum absolute atomic E-state index is 0.211. The molecule has 3 aromatic carbocycles. The molecule has 6 rings (SSSR count). The number of ether oxygens (including phenoxy) is 3. The van der Waals surface area contributed by atoms with Crippen LogP contribution in [-0.4, -0.2) is 60.2 Å². The number of amides is 1. The zero-order valence-electron chi connectivity index (χ0n) is 22.2. The Labute approximate surface area is 233 Å². The van der Waals surface area contributed by atoms with Crippen molar-refractivity contribution in [2.75, 3.05) is 49.7 Å².